The standard InChI is InChI=1S/C17H17ClN2/c1-13(14-7-9-16(18)10-8-14)20-17(11-12-19)15-5-3-2-4-6-15/h2-10,13,17,20H,11H2,1H3/t13-,17?/m1/s1. The lowest BCUT2D eigenvalue weighted by Crippen LogP contribution is -2.24. The highest BCUT2D eigenvalue weighted by Gasteiger charge is 2.14. The summed E-state index contributed by atoms with van der Waals surface area (Å²) in [5.41, 5.74) is 2.29. The fourth-order valence-electron chi connectivity index (χ4n) is 2.20. The molecule has 0 aliphatic heterocycles. The van der Waals surface area contributed by atoms with Gasteiger partial charge in [0.05, 0.1) is 12.5 Å². The Labute approximate surface area is 125 Å². The third kappa shape index (κ3) is 3.84. The summed E-state index contributed by atoms with van der Waals surface area (Å²) in [6.45, 7) is 2.09. The van der Waals surface area contributed by atoms with E-state index >= 15 is 0 Å². The van der Waals surface area contributed by atoms with Crippen molar-refractivity contribution in [1.82, 2.24) is 5.32 Å². The molecule has 0 saturated carbocycles. The van der Waals surface area contributed by atoms with Crippen LogP contribution < -0.4 is 5.32 Å². The number of hydrogen-bond donors (Lipinski definition) is 1. The summed E-state index contributed by atoms with van der Waals surface area (Å²) in [6, 6.07) is 20.3. The first-order chi connectivity index (χ1) is 9.70. The minimum Gasteiger partial charge on any atom is -0.302 e. The van der Waals surface area contributed by atoms with Gasteiger partial charge in [0.25, 0.3) is 0 Å². The first kappa shape index (κ1) is 14.6. The normalized spacial score (nSPS) is 13.4. The van der Waals surface area contributed by atoms with Gasteiger partial charge in [-0.1, -0.05) is 54.1 Å². The highest BCUT2D eigenvalue weighted by molar-refractivity contribution is 6.30. The van der Waals surface area contributed by atoms with E-state index in [4.69, 9.17) is 16.9 Å². The monoisotopic (exact) mass is 284 g/mol. The van der Waals surface area contributed by atoms with Gasteiger partial charge in [0, 0.05) is 17.1 Å². The molecule has 0 aliphatic rings. The van der Waals surface area contributed by atoms with Crippen LogP contribution in [0.3, 0.4) is 0 Å². The van der Waals surface area contributed by atoms with E-state index in [-0.39, 0.29) is 12.1 Å². The lowest BCUT2D eigenvalue weighted by molar-refractivity contribution is 0.472. The molecule has 0 heterocycles. The van der Waals surface area contributed by atoms with Crippen LogP contribution in [0.4, 0.5) is 0 Å². The molecule has 0 fully saturated rings. The number of halogens is 1. The number of hydrogen-bond acceptors (Lipinski definition) is 2. The molecule has 0 amide bonds. The smallest absolute Gasteiger partial charge is 0.0641 e. The van der Waals surface area contributed by atoms with Crippen molar-refractivity contribution in [2.45, 2.75) is 25.4 Å². The molecule has 20 heavy (non-hydrogen) atoms. The third-order valence-corrected chi connectivity index (χ3v) is 3.57. The highest BCUT2D eigenvalue weighted by Crippen LogP contribution is 2.22. The van der Waals surface area contributed by atoms with Crippen LogP contribution in [0, 0.1) is 11.3 Å². The van der Waals surface area contributed by atoms with E-state index in [1.165, 1.54) is 0 Å². The van der Waals surface area contributed by atoms with Gasteiger partial charge in [0.15, 0.2) is 0 Å². The fraction of sp³-hybridized carbons (Fsp3) is 0.235. The van der Waals surface area contributed by atoms with Gasteiger partial charge < -0.3 is 5.32 Å². The number of nitrogens with one attached hydrogen (secondary N) is 1. The predicted octanol–water partition coefficient (Wildman–Crippen LogP) is 4.65. The predicted molar refractivity (Wildman–Crippen MR) is 82.4 cm³/mol. The maximum atomic E-state index is 9.01. The first-order valence-electron chi connectivity index (χ1n) is 6.64. The summed E-state index contributed by atoms with van der Waals surface area (Å²) in [5, 5.41) is 13.2. The largest absolute Gasteiger partial charge is 0.302 e. The van der Waals surface area contributed by atoms with Crippen LogP contribution >= 0.6 is 11.6 Å². The molecular weight excluding hydrogens is 268 g/mol. The van der Waals surface area contributed by atoms with Gasteiger partial charge in [-0.2, -0.15) is 5.26 Å². The van der Waals surface area contributed by atoms with Gasteiger partial charge in [0.2, 0.25) is 0 Å². The van der Waals surface area contributed by atoms with E-state index in [0.717, 1.165) is 16.1 Å². The van der Waals surface area contributed by atoms with Crippen LogP contribution in [0.25, 0.3) is 0 Å². The topological polar surface area (TPSA) is 35.8 Å². The molecule has 0 aromatic heterocycles. The van der Waals surface area contributed by atoms with Crippen molar-refractivity contribution in [1.29, 1.82) is 5.26 Å². The second-order valence-corrected chi connectivity index (χ2v) is 5.20. The van der Waals surface area contributed by atoms with Crippen LogP contribution in [0.1, 0.15) is 36.6 Å². The lowest BCUT2D eigenvalue weighted by atomic mass is 10.0. The summed E-state index contributed by atoms with van der Waals surface area (Å²) >= 11 is 5.90. The van der Waals surface area contributed by atoms with E-state index in [0.29, 0.717) is 6.42 Å². The molecule has 0 spiro atoms. The zero-order chi connectivity index (χ0) is 14.4. The van der Waals surface area contributed by atoms with Crippen molar-refractivity contribution in [3.63, 3.8) is 0 Å². The Kier molecular flexibility index (Phi) is 5.17. The van der Waals surface area contributed by atoms with Crippen molar-refractivity contribution >= 4 is 11.6 Å². The van der Waals surface area contributed by atoms with Gasteiger partial charge >= 0.3 is 0 Å². The molecule has 0 saturated heterocycles. The van der Waals surface area contributed by atoms with Crippen molar-refractivity contribution in [3.05, 3.63) is 70.7 Å². The Bertz CT molecular complexity index is 572. The van der Waals surface area contributed by atoms with Crippen LogP contribution in [-0.2, 0) is 0 Å². The van der Waals surface area contributed by atoms with Gasteiger partial charge in [-0.05, 0) is 30.2 Å². The van der Waals surface area contributed by atoms with Crippen LogP contribution in [-0.4, -0.2) is 0 Å². The van der Waals surface area contributed by atoms with Crippen molar-refractivity contribution in [2.75, 3.05) is 0 Å². The second kappa shape index (κ2) is 7.09. The minimum atomic E-state index is 0.0341. The molecule has 0 radical (unpaired) electrons. The van der Waals surface area contributed by atoms with Gasteiger partial charge in [-0.25, -0.2) is 0 Å². The molecule has 0 bridgehead atoms. The molecule has 2 aromatic rings. The summed E-state index contributed by atoms with van der Waals surface area (Å²) < 4.78 is 0. The van der Waals surface area contributed by atoms with E-state index < -0.39 is 0 Å². The molecule has 0 aliphatic carbocycles. The summed E-state index contributed by atoms with van der Waals surface area (Å²) in [5.74, 6) is 0. The van der Waals surface area contributed by atoms with Crippen LogP contribution in [0.5, 0.6) is 0 Å². The van der Waals surface area contributed by atoms with Crippen molar-refractivity contribution < 1.29 is 0 Å². The molecule has 2 rings (SSSR count). The number of rotatable bonds is 5. The zero-order valence-electron chi connectivity index (χ0n) is 11.4. The van der Waals surface area contributed by atoms with E-state index in [1.54, 1.807) is 0 Å². The molecule has 2 aromatic carbocycles. The quantitative estimate of drug-likeness (QED) is 0.868. The molecule has 102 valence electrons. The zero-order valence-corrected chi connectivity index (χ0v) is 12.1. The Morgan fingerprint density at radius 3 is 2.30 bits per heavy atom. The minimum absolute atomic E-state index is 0.0341. The molecular formula is C17H17ClN2. The Hall–Kier alpha value is -1.82. The molecule has 2 atom stereocenters. The maximum absolute atomic E-state index is 9.01. The Morgan fingerprint density at radius 1 is 1.05 bits per heavy atom. The number of nitriles is 1. The molecule has 1 N–H and O–H groups in total. The summed E-state index contributed by atoms with van der Waals surface area (Å²) in [4.78, 5) is 0. The second-order valence-electron chi connectivity index (χ2n) is 4.77. The molecule has 3 heteroatoms. The summed E-state index contributed by atoms with van der Waals surface area (Å²) in [6.07, 6.45) is 0.446. The van der Waals surface area contributed by atoms with E-state index in [1.807, 2.05) is 54.6 Å². The Balaban J connectivity index is 2.12. The average Bonchev–Trinajstić information content (AvgIpc) is 2.48. The SMILES string of the molecule is C[C@@H](NC(CC#N)c1ccccc1)c1ccc(Cl)cc1. The van der Waals surface area contributed by atoms with E-state index in [9.17, 15) is 0 Å². The maximum Gasteiger partial charge on any atom is 0.0641 e. The average molecular weight is 285 g/mol. The Morgan fingerprint density at radius 2 is 1.70 bits per heavy atom. The van der Waals surface area contributed by atoms with Gasteiger partial charge in [-0.15, -0.1) is 0 Å². The lowest BCUT2D eigenvalue weighted by Gasteiger charge is -2.22. The number of benzene rings is 2. The number of nitrogens with zero attached hydrogens (tertiary/aromatic N) is 1. The first-order valence-corrected chi connectivity index (χ1v) is 7.02. The summed E-state index contributed by atoms with van der Waals surface area (Å²) in [7, 11) is 0. The molecule has 2 nitrogen and oxygen atoms in total. The van der Waals surface area contributed by atoms with Crippen LogP contribution in [0.2, 0.25) is 5.02 Å². The van der Waals surface area contributed by atoms with Crippen molar-refractivity contribution in [3.8, 4) is 6.07 Å². The highest BCUT2D eigenvalue weighted by atomic mass is 35.5. The van der Waals surface area contributed by atoms with Crippen LogP contribution in [0.15, 0.2) is 54.6 Å². The van der Waals surface area contributed by atoms with Crippen molar-refractivity contribution in [2.24, 2.45) is 0 Å². The van der Waals surface area contributed by atoms with Gasteiger partial charge in [-0.3, -0.25) is 0 Å². The van der Waals surface area contributed by atoms with Gasteiger partial charge in [0.1, 0.15) is 0 Å². The third-order valence-electron chi connectivity index (χ3n) is 3.32. The molecule has 1 unspecified atom stereocenters. The van der Waals surface area contributed by atoms with E-state index in [2.05, 4.69) is 18.3 Å². The fourth-order valence-corrected chi connectivity index (χ4v) is 2.33.